The fraction of sp³-hybridized carbons (Fsp3) is 0.577. The summed E-state index contributed by atoms with van der Waals surface area (Å²) in [5.41, 5.74) is 2.95. The molecule has 4 heteroatoms. The third-order valence-corrected chi connectivity index (χ3v) is 7.49. The molecule has 4 aliphatic rings. The normalized spacial score (nSPS) is 25.6. The molecule has 0 aromatic heterocycles. The van der Waals surface area contributed by atoms with Crippen molar-refractivity contribution in [2.45, 2.75) is 33.1 Å². The highest BCUT2D eigenvalue weighted by Gasteiger charge is 2.51. The van der Waals surface area contributed by atoms with E-state index in [0.29, 0.717) is 11.3 Å². The minimum atomic E-state index is 0.126. The zero-order chi connectivity index (χ0) is 21.0. The van der Waals surface area contributed by atoms with E-state index in [0.717, 1.165) is 63.8 Å². The lowest BCUT2D eigenvalue weighted by molar-refractivity contribution is -0.126. The van der Waals surface area contributed by atoms with E-state index >= 15 is 0 Å². The molecule has 1 saturated carbocycles. The number of carbonyl (C=O) groups is 1. The number of morpholine rings is 1. The molecule has 2 fully saturated rings. The first-order valence-corrected chi connectivity index (χ1v) is 11.5. The molecule has 30 heavy (non-hydrogen) atoms. The Hall–Kier alpha value is -1.91. The number of hydrogen-bond acceptors (Lipinski definition) is 3. The van der Waals surface area contributed by atoms with Gasteiger partial charge in [-0.1, -0.05) is 55.8 Å². The van der Waals surface area contributed by atoms with Gasteiger partial charge in [-0.15, -0.1) is 0 Å². The van der Waals surface area contributed by atoms with Gasteiger partial charge in [0.2, 0.25) is 5.91 Å². The lowest BCUT2D eigenvalue weighted by Crippen LogP contribution is -2.50. The minimum Gasteiger partial charge on any atom is -0.379 e. The minimum absolute atomic E-state index is 0.126. The molecule has 1 heterocycles. The first-order valence-electron chi connectivity index (χ1n) is 11.5. The maximum atomic E-state index is 13.1. The molecular weight excluding hydrogens is 372 g/mol. The number of rotatable bonds is 8. The average molecular weight is 409 g/mol. The molecule has 1 aromatic rings. The van der Waals surface area contributed by atoms with E-state index < -0.39 is 0 Å². The van der Waals surface area contributed by atoms with Gasteiger partial charge in [0.15, 0.2) is 0 Å². The van der Waals surface area contributed by atoms with E-state index in [4.69, 9.17) is 4.74 Å². The van der Waals surface area contributed by atoms with E-state index in [-0.39, 0.29) is 5.91 Å². The van der Waals surface area contributed by atoms with Crippen LogP contribution in [0.25, 0.3) is 6.08 Å². The molecular formula is C26H36N2O2. The van der Waals surface area contributed by atoms with Crippen LogP contribution in [-0.2, 0) is 9.53 Å². The van der Waals surface area contributed by atoms with E-state index in [9.17, 15) is 4.79 Å². The molecule has 162 valence electrons. The van der Waals surface area contributed by atoms with Crippen molar-refractivity contribution in [3.8, 4) is 0 Å². The van der Waals surface area contributed by atoms with E-state index in [2.05, 4.69) is 29.7 Å². The SMILES string of the molecule is CC1(C)C2CC=C(CN(CCCN3CCOCC3)C(=O)/C=C/c3ccccc3)C1C2. The maximum absolute atomic E-state index is 13.1. The lowest BCUT2D eigenvalue weighted by atomic mass is 9.49. The highest BCUT2D eigenvalue weighted by Crippen LogP contribution is 2.59. The first-order chi connectivity index (χ1) is 14.5. The summed E-state index contributed by atoms with van der Waals surface area (Å²) in [5, 5.41) is 0. The van der Waals surface area contributed by atoms with Crippen LogP contribution in [-0.4, -0.2) is 61.6 Å². The Bertz CT molecular complexity index is 777. The summed E-state index contributed by atoms with van der Waals surface area (Å²) >= 11 is 0. The van der Waals surface area contributed by atoms with Crippen molar-refractivity contribution in [2.24, 2.45) is 17.3 Å². The third-order valence-electron chi connectivity index (χ3n) is 7.49. The molecule has 2 unspecified atom stereocenters. The molecule has 1 aromatic carbocycles. The molecule has 0 radical (unpaired) electrons. The number of benzene rings is 1. The molecule has 2 atom stereocenters. The topological polar surface area (TPSA) is 32.8 Å². The molecule has 0 spiro atoms. The fourth-order valence-corrected chi connectivity index (χ4v) is 5.29. The Morgan fingerprint density at radius 3 is 2.70 bits per heavy atom. The Balaban J connectivity index is 1.40. The van der Waals surface area contributed by atoms with E-state index in [1.165, 1.54) is 18.4 Å². The van der Waals surface area contributed by atoms with Gasteiger partial charge >= 0.3 is 0 Å². The van der Waals surface area contributed by atoms with Gasteiger partial charge in [-0.2, -0.15) is 0 Å². The van der Waals surface area contributed by atoms with Crippen molar-refractivity contribution in [3.05, 3.63) is 53.6 Å². The van der Waals surface area contributed by atoms with Gasteiger partial charge < -0.3 is 9.64 Å². The van der Waals surface area contributed by atoms with E-state index in [1.54, 1.807) is 6.08 Å². The van der Waals surface area contributed by atoms with Crippen LogP contribution in [0.2, 0.25) is 0 Å². The Kier molecular flexibility index (Phi) is 6.74. The summed E-state index contributed by atoms with van der Waals surface area (Å²) < 4.78 is 5.45. The molecule has 1 saturated heterocycles. The van der Waals surface area contributed by atoms with Crippen molar-refractivity contribution < 1.29 is 9.53 Å². The number of hydrogen-bond donors (Lipinski definition) is 0. The molecule has 1 aliphatic heterocycles. The van der Waals surface area contributed by atoms with Crippen LogP contribution < -0.4 is 0 Å². The van der Waals surface area contributed by atoms with Gasteiger partial charge in [0.05, 0.1) is 13.2 Å². The van der Waals surface area contributed by atoms with Crippen molar-refractivity contribution in [3.63, 3.8) is 0 Å². The Morgan fingerprint density at radius 2 is 2.00 bits per heavy atom. The summed E-state index contributed by atoms with van der Waals surface area (Å²) in [6, 6.07) is 10.1. The molecule has 1 amide bonds. The number of amides is 1. The van der Waals surface area contributed by atoms with Crippen LogP contribution in [0.4, 0.5) is 0 Å². The quantitative estimate of drug-likeness (QED) is 0.476. The smallest absolute Gasteiger partial charge is 0.246 e. The van der Waals surface area contributed by atoms with Gasteiger partial charge in [-0.05, 0) is 48.2 Å². The number of carbonyl (C=O) groups excluding carboxylic acids is 1. The monoisotopic (exact) mass is 408 g/mol. The summed E-state index contributed by atoms with van der Waals surface area (Å²) in [5.74, 6) is 1.60. The van der Waals surface area contributed by atoms with Crippen molar-refractivity contribution in [1.82, 2.24) is 9.80 Å². The van der Waals surface area contributed by atoms with Crippen LogP contribution in [0.5, 0.6) is 0 Å². The van der Waals surface area contributed by atoms with Gasteiger partial charge in [-0.3, -0.25) is 9.69 Å². The summed E-state index contributed by atoms with van der Waals surface area (Å²) in [7, 11) is 0. The van der Waals surface area contributed by atoms with Crippen LogP contribution >= 0.6 is 0 Å². The third kappa shape index (κ3) is 4.87. The molecule has 2 bridgehead atoms. The number of fused-ring (bicyclic) bond motifs is 1. The average Bonchev–Trinajstić information content (AvgIpc) is 2.78. The highest BCUT2D eigenvalue weighted by atomic mass is 16.5. The van der Waals surface area contributed by atoms with E-state index in [1.807, 2.05) is 36.4 Å². The standard InChI is InChI=1S/C26H36N2O2/c1-26(2)23-11-10-22(24(26)19-23)20-28(14-6-13-27-15-17-30-18-16-27)25(29)12-9-21-7-4-3-5-8-21/h3-5,7-10,12,23-24H,6,11,13-20H2,1-2H3/b12-9+. The lowest BCUT2D eigenvalue weighted by Gasteiger charge is -2.57. The highest BCUT2D eigenvalue weighted by molar-refractivity contribution is 5.92. The number of allylic oxidation sites excluding steroid dienone is 1. The van der Waals surface area contributed by atoms with Gasteiger partial charge in [0, 0.05) is 38.8 Å². The fourth-order valence-electron chi connectivity index (χ4n) is 5.29. The molecule has 4 nitrogen and oxygen atoms in total. The zero-order valence-electron chi connectivity index (χ0n) is 18.6. The molecule has 5 rings (SSSR count). The van der Waals surface area contributed by atoms with Gasteiger partial charge in [-0.25, -0.2) is 0 Å². The second kappa shape index (κ2) is 9.49. The Morgan fingerprint density at radius 1 is 1.23 bits per heavy atom. The predicted octanol–water partition coefficient (Wildman–Crippen LogP) is 4.24. The Labute approximate surface area is 181 Å². The van der Waals surface area contributed by atoms with Gasteiger partial charge in [0.25, 0.3) is 0 Å². The van der Waals surface area contributed by atoms with Crippen molar-refractivity contribution >= 4 is 12.0 Å². The largest absolute Gasteiger partial charge is 0.379 e. The summed E-state index contributed by atoms with van der Waals surface area (Å²) in [6.45, 7) is 11.1. The second-order valence-corrected chi connectivity index (χ2v) is 9.63. The molecule has 0 N–H and O–H groups in total. The zero-order valence-corrected chi connectivity index (χ0v) is 18.6. The van der Waals surface area contributed by atoms with Crippen LogP contribution in [0, 0.1) is 17.3 Å². The summed E-state index contributed by atoms with van der Waals surface area (Å²) in [4.78, 5) is 17.7. The number of ether oxygens (including phenoxy) is 1. The van der Waals surface area contributed by atoms with Crippen LogP contribution in [0.1, 0.15) is 38.7 Å². The van der Waals surface area contributed by atoms with Crippen molar-refractivity contribution in [2.75, 3.05) is 45.9 Å². The first kappa shape index (κ1) is 21.3. The summed E-state index contributed by atoms with van der Waals surface area (Å²) in [6.07, 6.45) is 9.60. The maximum Gasteiger partial charge on any atom is 0.246 e. The second-order valence-electron chi connectivity index (χ2n) is 9.63. The van der Waals surface area contributed by atoms with Crippen molar-refractivity contribution in [1.29, 1.82) is 0 Å². The van der Waals surface area contributed by atoms with Gasteiger partial charge in [0.1, 0.15) is 0 Å². The van der Waals surface area contributed by atoms with Crippen LogP contribution in [0.15, 0.2) is 48.1 Å². The molecule has 3 aliphatic carbocycles. The predicted molar refractivity (Wildman–Crippen MR) is 122 cm³/mol. The number of nitrogens with zero attached hydrogens (tertiary/aromatic N) is 2. The van der Waals surface area contributed by atoms with Crippen LogP contribution in [0.3, 0.4) is 0 Å².